The summed E-state index contributed by atoms with van der Waals surface area (Å²) in [6, 6.07) is 9.45. The lowest BCUT2D eigenvalue weighted by Crippen LogP contribution is -2.39. The molecule has 0 radical (unpaired) electrons. The lowest BCUT2D eigenvalue weighted by molar-refractivity contribution is -0.114. The fourth-order valence-corrected chi connectivity index (χ4v) is 4.03. The number of carbonyl (C=O) groups is 1. The van der Waals surface area contributed by atoms with Gasteiger partial charge in [-0.15, -0.1) is 0 Å². The highest BCUT2D eigenvalue weighted by Gasteiger charge is 2.26. The molecule has 7 nitrogen and oxygen atoms in total. The number of halogens is 2. The Labute approximate surface area is 166 Å². The number of ether oxygens (including phenoxy) is 2. The maximum atomic E-state index is 12.5. The van der Waals surface area contributed by atoms with Gasteiger partial charge in [-0.2, -0.15) is 0 Å². The van der Waals surface area contributed by atoms with Gasteiger partial charge in [0, 0.05) is 6.07 Å². The minimum absolute atomic E-state index is 0.0603. The second-order valence-corrected chi connectivity index (χ2v) is 8.59. The molecular weight excluding hydrogens is 415 g/mol. The second kappa shape index (κ2) is 7.84. The van der Waals surface area contributed by atoms with Gasteiger partial charge in [-0.25, -0.2) is 8.42 Å². The number of sulfonamides is 1. The van der Waals surface area contributed by atoms with Gasteiger partial charge >= 0.3 is 0 Å². The molecule has 0 aromatic heterocycles. The highest BCUT2D eigenvalue weighted by atomic mass is 35.5. The van der Waals surface area contributed by atoms with E-state index in [-0.39, 0.29) is 28.3 Å². The fourth-order valence-electron chi connectivity index (χ4n) is 2.47. The van der Waals surface area contributed by atoms with Crippen LogP contribution in [0, 0.1) is 0 Å². The molecule has 0 atom stereocenters. The van der Waals surface area contributed by atoms with Crippen molar-refractivity contribution in [1.29, 1.82) is 0 Å². The third kappa shape index (κ3) is 4.23. The van der Waals surface area contributed by atoms with Gasteiger partial charge in [-0.1, -0.05) is 29.3 Å². The van der Waals surface area contributed by atoms with Gasteiger partial charge in [0.15, 0.2) is 11.5 Å². The molecule has 3 rings (SSSR count). The molecule has 1 aliphatic rings. The first kappa shape index (κ1) is 19.6. The molecule has 27 heavy (non-hydrogen) atoms. The van der Waals surface area contributed by atoms with Crippen LogP contribution in [-0.4, -0.2) is 33.4 Å². The van der Waals surface area contributed by atoms with Crippen LogP contribution in [0.2, 0.25) is 10.0 Å². The number of hydrogen-bond acceptors (Lipinski definition) is 5. The van der Waals surface area contributed by atoms with Crippen molar-refractivity contribution in [2.45, 2.75) is 6.92 Å². The standard InChI is InChI=1S/C17H16Cl2N2O5S/c1-2-27(23,24)21(11-6-7-14-15(8-11)26-10-25-14)9-16(22)20-17-12(18)4-3-5-13(17)19/h3-8H,2,9-10H2,1H3,(H,20,22). The molecule has 10 heteroatoms. The van der Waals surface area contributed by atoms with Crippen molar-refractivity contribution in [2.75, 3.05) is 28.7 Å². The molecule has 0 fully saturated rings. The van der Waals surface area contributed by atoms with Gasteiger partial charge in [0.2, 0.25) is 22.7 Å². The van der Waals surface area contributed by atoms with E-state index < -0.39 is 22.5 Å². The number of fused-ring (bicyclic) bond motifs is 1. The number of rotatable bonds is 6. The van der Waals surface area contributed by atoms with Crippen molar-refractivity contribution in [3.8, 4) is 11.5 Å². The van der Waals surface area contributed by atoms with Crippen molar-refractivity contribution in [3.63, 3.8) is 0 Å². The van der Waals surface area contributed by atoms with Crippen LogP contribution in [0.4, 0.5) is 11.4 Å². The van der Waals surface area contributed by atoms with Gasteiger partial charge in [-0.05, 0) is 31.2 Å². The van der Waals surface area contributed by atoms with E-state index >= 15 is 0 Å². The zero-order valence-corrected chi connectivity index (χ0v) is 16.6. The number of carbonyl (C=O) groups excluding carboxylic acids is 1. The number of hydrogen-bond donors (Lipinski definition) is 1. The quantitative estimate of drug-likeness (QED) is 0.757. The van der Waals surface area contributed by atoms with Crippen molar-refractivity contribution in [1.82, 2.24) is 0 Å². The lowest BCUT2D eigenvalue weighted by atomic mass is 10.2. The second-order valence-electron chi connectivity index (χ2n) is 5.59. The summed E-state index contributed by atoms with van der Waals surface area (Å²) < 4.78 is 36.6. The Morgan fingerprint density at radius 1 is 1.15 bits per heavy atom. The van der Waals surface area contributed by atoms with Crippen LogP contribution in [0.5, 0.6) is 11.5 Å². The molecule has 0 spiro atoms. The Balaban J connectivity index is 1.87. The first-order valence-electron chi connectivity index (χ1n) is 7.95. The number of anilines is 2. The third-order valence-electron chi connectivity index (χ3n) is 3.86. The summed E-state index contributed by atoms with van der Waals surface area (Å²) in [5, 5.41) is 3.07. The SMILES string of the molecule is CCS(=O)(=O)N(CC(=O)Nc1c(Cl)cccc1Cl)c1ccc2c(c1)OCO2. The highest BCUT2D eigenvalue weighted by molar-refractivity contribution is 7.92. The molecule has 0 saturated heterocycles. The van der Waals surface area contributed by atoms with E-state index in [1.54, 1.807) is 30.3 Å². The molecule has 0 saturated carbocycles. The number of nitrogens with one attached hydrogen (secondary N) is 1. The average Bonchev–Trinajstić information content (AvgIpc) is 3.10. The van der Waals surface area contributed by atoms with E-state index in [4.69, 9.17) is 32.7 Å². The largest absolute Gasteiger partial charge is 0.454 e. The van der Waals surface area contributed by atoms with Crippen LogP contribution < -0.4 is 19.1 Å². The summed E-state index contributed by atoms with van der Waals surface area (Å²) in [7, 11) is -3.73. The predicted molar refractivity (Wildman–Crippen MR) is 104 cm³/mol. The van der Waals surface area contributed by atoms with E-state index in [1.807, 2.05) is 0 Å². The predicted octanol–water partition coefficient (Wildman–Crippen LogP) is 3.52. The molecule has 1 aliphatic heterocycles. The van der Waals surface area contributed by atoms with Gasteiger partial charge < -0.3 is 14.8 Å². The van der Waals surface area contributed by atoms with Gasteiger partial charge in [0.1, 0.15) is 6.54 Å². The third-order valence-corrected chi connectivity index (χ3v) is 6.23. The van der Waals surface area contributed by atoms with Crippen LogP contribution in [0.3, 0.4) is 0 Å². The summed E-state index contributed by atoms with van der Waals surface area (Å²) in [4.78, 5) is 12.5. The Kier molecular flexibility index (Phi) is 5.69. The fraction of sp³-hybridized carbons (Fsp3) is 0.235. The summed E-state index contributed by atoms with van der Waals surface area (Å²) in [5.74, 6) is 0.166. The highest BCUT2D eigenvalue weighted by Crippen LogP contribution is 2.36. The maximum Gasteiger partial charge on any atom is 0.245 e. The topological polar surface area (TPSA) is 84.9 Å². The van der Waals surface area contributed by atoms with Crippen molar-refractivity contribution in [2.24, 2.45) is 0 Å². The summed E-state index contributed by atoms with van der Waals surface area (Å²) in [5.41, 5.74) is 0.520. The lowest BCUT2D eigenvalue weighted by Gasteiger charge is -2.23. The monoisotopic (exact) mass is 430 g/mol. The number of amides is 1. The van der Waals surface area contributed by atoms with E-state index in [1.165, 1.54) is 13.0 Å². The molecule has 2 aromatic rings. The first-order chi connectivity index (χ1) is 12.8. The Bertz CT molecular complexity index is 961. The van der Waals surface area contributed by atoms with Crippen LogP contribution in [0.1, 0.15) is 6.92 Å². The molecule has 0 bridgehead atoms. The molecule has 1 heterocycles. The summed E-state index contributed by atoms with van der Waals surface area (Å²) in [6.07, 6.45) is 0. The normalized spacial score (nSPS) is 12.7. The maximum absolute atomic E-state index is 12.5. The van der Waals surface area contributed by atoms with E-state index in [0.717, 1.165) is 4.31 Å². The van der Waals surface area contributed by atoms with Gasteiger partial charge in [-0.3, -0.25) is 9.10 Å². The molecule has 144 valence electrons. The van der Waals surface area contributed by atoms with E-state index in [9.17, 15) is 13.2 Å². The minimum Gasteiger partial charge on any atom is -0.454 e. The molecular formula is C17H16Cl2N2O5S. The van der Waals surface area contributed by atoms with Crippen molar-refractivity contribution in [3.05, 3.63) is 46.4 Å². The zero-order valence-electron chi connectivity index (χ0n) is 14.2. The summed E-state index contributed by atoms with van der Waals surface area (Å²) >= 11 is 12.1. The van der Waals surface area contributed by atoms with Crippen molar-refractivity contribution >= 4 is 50.5 Å². The summed E-state index contributed by atoms with van der Waals surface area (Å²) in [6.45, 7) is 1.11. The van der Waals surface area contributed by atoms with Crippen LogP contribution in [0.25, 0.3) is 0 Å². The zero-order chi connectivity index (χ0) is 19.6. The Hall–Kier alpha value is -2.16. The average molecular weight is 431 g/mol. The minimum atomic E-state index is -3.73. The Morgan fingerprint density at radius 2 is 1.81 bits per heavy atom. The van der Waals surface area contributed by atoms with Crippen LogP contribution in [-0.2, 0) is 14.8 Å². The molecule has 0 unspecified atom stereocenters. The Morgan fingerprint density at radius 3 is 2.48 bits per heavy atom. The molecule has 1 N–H and O–H groups in total. The first-order valence-corrected chi connectivity index (χ1v) is 10.3. The van der Waals surface area contributed by atoms with Gasteiger partial charge in [0.05, 0.1) is 27.2 Å². The van der Waals surface area contributed by atoms with Crippen molar-refractivity contribution < 1.29 is 22.7 Å². The molecule has 0 aliphatic carbocycles. The van der Waals surface area contributed by atoms with Gasteiger partial charge in [0.25, 0.3) is 0 Å². The van der Waals surface area contributed by atoms with Crippen LogP contribution in [0.15, 0.2) is 36.4 Å². The van der Waals surface area contributed by atoms with E-state index in [0.29, 0.717) is 17.2 Å². The molecule has 2 aromatic carbocycles. The number of nitrogens with zero attached hydrogens (tertiary/aromatic N) is 1. The van der Waals surface area contributed by atoms with Crippen LogP contribution >= 0.6 is 23.2 Å². The molecule has 1 amide bonds. The smallest absolute Gasteiger partial charge is 0.245 e. The number of benzene rings is 2. The van der Waals surface area contributed by atoms with E-state index in [2.05, 4.69) is 5.32 Å². The number of para-hydroxylation sites is 1.